The standard InChI is InChI=1S/C34H33N2S2/c1-3-35-29-11-7-8-12-30(29)37-32(35)21-23-13-15-25-16-14-24(20-27(25)19-23)22-33-36(4-2)34-28-10-6-5-9-26(28)17-18-31(34)38-33/h5-12,17-22,25H,3-4,13-16H2,1-2H3/q+1. The third-order valence-corrected chi connectivity index (χ3v) is 10.4. The number of rotatable bonds is 4. The number of nitrogens with zero attached hydrogens (tertiary/aromatic N) is 2. The zero-order valence-corrected chi connectivity index (χ0v) is 23.7. The molecule has 3 aromatic carbocycles. The second-order valence-corrected chi connectivity index (χ2v) is 12.6. The third kappa shape index (κ3) is 4.15. The fraction of sp³-hybridized carbons (Fsp3) is 0.265. The average Bonchev–Trinajstić information content (AvgIpc) is 3.49. The molecular formula is C34H33N2S2+. The van der Waals surface area contributed by atoms with Crippen LogP contribution >= 0.6 is 23.1 Å². The van der Waals surface area contributed by atoms with Gasteiger partial charge in [0.25, 0.3) is 5.01 Å². The summed E-state index contributed by atoms with van der Waals surface area (Å²) in [6, 6.07) is 22.1. The zero-order valence-electron chi connectivity index (χ0n) is 22.1. The summed E-state index contributed by atoms with van der Waals surface area (Å²) >= 11 is 3.84. The van der Waals surface area contributed by atoms with E-state index in [1.165, 1.54) is 84.0 Å². The second kappa shape index (κ2) is 9.91. The summed E-state index contributed by atoms with van der Waals surface area (Å²) in [4.78, 5) is 3.83. The van der Waals surface area contributed by atoms with Crippen molar-refractivity contribution < 1.29 is 4.57 Å². The molecule has 1 atom stereocenters. The Balaban J connectivity index is 1.24. The van der Waals surface area contributed by atoms with Gasteiger partial charge in [-0.3, -0.25) is 0 Å². The molecule has 2 heterocycles. The predicted molar refractivity (Wildman–Crippen MR) is 165 cm³/mol. The monoisotopic (exact) mass is 533 g/mol. The van der Waals surface area contributed by atoms with Crippen LogP contribution in [0.5, 0.6) is 0 Å². The lowest BCUT2D eigenvalue weighted by Crippen LogP contribution is -2.33. The van der Waals surface area contributed by atoms with Crippen LogP contribution in [0.15, 0.2) is 106 Å². The van der Waals surface area contributed by atoms with Crippen LogP contribution in [0.2, 0.25) is 0 Å². The number of para-hydroxylation sites is 1. The molecular weight excluding hydrogens is 501 g/mol. The molecule has 0 bridgehead atoms. The van der Waals surface area contributed by atoms with E-state index in [0.717, 1.165) is 13.1 Å². The minimum atomic E-state index is 0.703. The van der Waals surface area contributed by atoms with Gasteiger partial charge < -0.3 is 4.90 Å². The molecule has 0 spiro atoms. The van der Waals surface area contributed by atoms with Crippen LogP contribution in [-0.4, -0.2) is 6.54 Å². The van der Waals surface area contributed by atoms with Gasteiger partial charge in [-0.25, -0.2) is 0 Å². The number of hydrogen-bond donors (Lipinski definition) is 0. The Labute approximate surface area is 233 Å². The molecule has 1 aliphatic heterocycles. The Morgan fingerprint density at radius 1 is 0.921 bits per heavy atom. The maximum Gasteiger partial charge on any atom is 0.263 e. The van der Waals surface area contributed by atoms with Crippen molar-refractivity contribution in [1.82, 2.24) is 0 Å². The summed E-state index contributed by atoms with van der Waals surface area (Å²) in [6.07, 6.45) is 14.8. The van der Waals surface area contributed by atoms with Gasteiger partial charge in [0.15, 0.2) is 0 Å². The molecule has 0 fully saturated rings. The van der Waals surface area contributed by atoms with E-state index in [-0.39, 0.29) is 0 Å². The first-order valence-corrected chi connectivity index (χ1v) is 15.6. The largest absolute Gasteiger partial charge is 0.335 e. The maximum atomic E-state index is 2.51. The molecule has 3 aliphatic rings. The van der Waals surface area contributed by atoms with Gasteiger partial charge in [0, 0.05) is 17.5 Å². The first kappa shape index (κ1) is 24.0. The molecule has 4 aromatic rings. The quantitative estimate of drug-likeness (QED) is 0.241. The Morgan fingerprint density at radius 3 is 2.66 bits per heavy atom. The van der Waals surface area contributed by atoms with Crippen LogP contribution in [0.3, 0.4) is 0 Å². The highest BCUT2D eigenvalue weighted by Gasteiger charge is 2.27. The van der Waals surface area contributed by atoms with Gasteiger partial charge in [0.05, 0.1) is 16.1 Å². The summed E-state index contributed by atoms with van der Waals surface area (Å²) < 4.78 is 3.89. The zero-order chi connectivity index (χ0) is 25.6. The molecule has 0 saturated carbocycles. The molecule has 1 unspecified atom stereocenters. The minimum Gasteiger partial charge on any atom is -0.335 e. The van der Waals surface area contributed by atoms with E-state index in [9.17, 15) is 0 Å². The van der Waals surface area contributed by atoms with E-state index in [2.05, 4.69) is 108 Å². The van der Waals surface area contributed by atoms with Crippen molar-refractivity contribution in [1.29, 1.82) is 0 Å². The van der Waals surface area contributed by atoms with E-state index >= 15 is 0 Å². The Morgan fingerprint density at radius 2 is 1.76 bits per heavy atom. The van der Waals surface area contributed by atoms with E-state index in [1.54, 1.807) is 0 Å². The topological polar surface area (TPSA) is 7.12 Å². The highest BCUT2D eigenvalue weighted by molar-refractivity contribution is 8.03. The molecule has 38 heavy (non-hydrogen) atoms. The molecule has 190 valence electrons. The SMILES string of the molecule is CCN1/C(=C/C2=CC3=C/C(=C/c4sc5ccc6ccccc6c5[n+]4CC)CCC3CC2)Sc2ccccc21. The van der Waals surface area contributed by atoms with Crippen molar-refractivity contribution in [2.75, 3.05) is 11.4 Å². The lowest BCUT2D eigenvalue weighted by Gasteiger charge is -2.28. The molecule has 2 nitrogen and oxygen atoms in total. The lowest BCUT2D eigenvalue weighted by molar-refractivity contribution is -0.664. The number of thiazole rings is 1. The van der Waals surface area contributed by atoms with Crippen LogP contribution in [0, 0.1) is 5.92 Å². The highest BCUT2D eigenvalue weighted by Crippen LogP contribution is 2.47. The van der Waals surface area contributed by atoms with Crippen LogP contribution in [-0.2, 0) is 6.54 Å². The second-order valence-electron chi connectivity index (χ2n) is 10.5. The average molecular weight is 534 g/mol. The van der Waals surface area contributed by atoms with Gasteiger partial charge in [0.1, 0.15) is 11.2 Å². The molecule has 0 saturated heterocycles. The summed E-state index contributed by atoms with van der Waals surface area (Å²) in [5, 5.41) is 5.41. The lowest BCUT2D eigenvalue weighted by atomic mass is 9.77. The van der Waals surface area contributed by atoms with Gasteiger partial charge >= 0.3 is 0 Å². The van der Waals surface area contributed by atoms with Crippen molar-refractivity contribution in [3.05, 3.63) is 106 Å². The fourth-order valence-electron chi connectivity index (χ4n) is 6.34. The number of fused-ring (bicyclic) bond motifs is 5. The van der Waals surface area contributed by atoms with Crippen LogP contribution < -0.4 is 9.47 Å². The summed E-state index contributed by atoms with van der Waals surface area (Å²) in [6.45, 7) is 6.51. The third-order valence-electron chi connectivity index (χ3n) is 8.24. The summed E-state index contributed by atoms with van der Waals surface area (Å²) in [5.41, 5.74) is 7.20. The molecule has 2 aliphatic carbocycles. The van der Waals surface area contributed by atoms with Crippen molar-refractivity contribution in [3.63, 3.8) is 0 Å². The smallest absolute Gasteiger partial charge is 0.263 e. The maximum absolute atomic E-state index is 2.51. The Hall–Kier alpha value is -3.08. The summed E-state index contributed by atoms with van der Waals surface area (Å²) in [7, 11) is 0. The normalized spacial score (nSPS) is 21.2. The number of benzene rings is 3. The number of aryl methyl sites for hydroxylation is 1. The van der Waals surface area contributed by atoms with Crippen molar-refractivity contribution in [2.24, 2.45) is 5.92 Å². The van der Waals surface area contributed by atoms with Crippen LogP contribution in [0.1, 0.15) is 44.5 Å². The van der Waals surface area contributed by atoms with E-state index in [1.807, 2.05) is 23.1 Å². The van der Waals surface area contributed by atoms with Crippen molar-refractivity contribution in [3.8, 4) is 0 Å². The van der Waals surface area contributed by atoms with E-state index < -0.39 is 0 Å². The van der Waals surface area contributed by atoms with E-state index in [4.69, 9.17) is 0 Å². The van der Waals surface area contributed by atoms with Gasteiger partial charge in [-0.15, -0.1) is 0 Å². The number of aromatic nitrogens is 1. The number of thioether (sulfide) groups is 1. The molecule has 7 rings (SSSR count). The molecule has 4 heteroatoms. The molecule has 0 amide bonds. The summed E-state index contributed by atoms with van der Waals surface area (Å²) in [5.74, 6) is 0.703. The Kier molecular flexibility index (Phi) is 6.25. The number of allylic oxidation sites excluding steroid dienone is 6. The van der Waals surface area contributed by atoms with Crippen LogP contribution in [0.25, 0.3) is 27.1 Å². The first-order chi connectivity index (χ1) is 18.7. The first-order valence-electron chi connectivity index (χ1n) is 13.9. The van der Waals surface area contributed by atoms with Crippen molar-refractivity contribution in [2.45, 2.75) is 51.0 Å². The fourth-order valence-corrected chi connectivity index (χ4v) is 8.76. The number of hydrogen-bond acceptors (Lipinski definition) is 3. The van der Waals surface area contributed by atoms with Gasteiger partial charge in [-0.1, -0.05) is 71.6 Å². The van der Waals surface area contributed by atoms with Gasteiger partial charge in [-0.05, 0) is 97.9 Å². The molecule has 0 N–H and O–H groups in total. The van der Waals surface area contributed by atoms with Gasteiger partial charge in [-0.2, -0.15) is 4.57 Å². The number of anilines is 1. The predicted octanol–water partition coefficient (Wildman–Crippen LogP) is 9.28. The van der Waals surface area contributed by atoms with E-state index in [0.29, 0.717) is 5.92 Å². The van der Waals surface area contributed by atoms with Crippen LogP contribution in [0.4, 0.5) is 5.69 Å². The van der Waals surface area contributed by atoms with Gasteiger partial charge in [0.2, 0.25) is 5.52 Å². The highest BCUT2D eigenvalue weighted by atomic mass is 32.2. The molecule has 0 radical (unpaired) electrons. The minimum absolute atomic E-state index is 0.703. The molecule has 1 aromatic heterocycles. The Bertz CT molecular complexity index is 1680. The van der Waals surface area contributed by atoms with Crippen molar-refractivity contribution >= 4 is 55.9 Å².